The van der Waals surface area contributed by atoms with Crippen molar-refractivity contribution in [1.29, 1.82) is 0 Å². The van der Waals surface area contributed by atoms with Crippen LogP contribution in [0.15, 0.2) is 48.5 Å². The number of Topliss-reactive ketones (excluding diaryl/α,β-unsaturated/α-hetero) is 1. The Balaban J connectivity index is 1.90. The molecule has 0 aromatic heterocycles. The second kappa shape index (κ2) is 8.63. The number of ether oxygens (including phenoxy) is 2. The molecule has 6 nitrogen and oxygen atoms in total. The molecule has 0 bridgehead atoms. The van der Waals surface area contributed by atoms with Gasteiger partial charge in [0.25, 0.3) is 5.91 Å². The Hall–Kier alpha value is -3.15. The first-order chi connectivity index (χ1) is 12.0. The van der Waals surface area contributed by atoms with Crippen LogP contribution >= 0.6 is 0 Å². The lowest BCUT2D eigenvalue weighted by Gasteiger charge is -2.11. The highest BCUT2D eigenvalue weighted by molar-refractivity contribution is 5.96. The third-order valence-electron chi connectivity index (χ3n) is 3.50. The first-order valence-electron chi connectivity index (χ1n) is 7.68. The molecule has 0 aliphatic rings. The predicted octanol–water partition coefficient (Wildman–Crippen LogP) is 2.37. The second-order valence-electron chi connectivity index (χ2n) is 5.29. The molecule has 1 N–H and O–H groups in total. The molecular weight excluding hydrogens is 322 g/mol. The standard InChI is InChI=1S/C19H19NO5/c1-13(21)15-8-9-17(24-2)16(10-15)12-25-18(22)11-20-19(23)14-6-4-3-5-7-14/h3-10H,11-12H2,1-2H3,(H,20,23). The van der Waals surface area contributed by atoms with Crippen LogP contribution in [0.1, 0.15) is 33.2 Å². The number of methoxy groups -OCH3 is 1. The Morgan fingerprint density at radius 2 is 1.72 bits per heavy atom. The third-order valence-corrected chi connectivity index (χ3v) is 3.50. The fourth-order valence-corrected chi connectivity index (χ4v) is 2.16. The van der Waals surface area contributed by atoms with E-state index in [0.717, 1.165) is 0 Å². The Bertz CT molecular complexity index is 771. The molecule has 0 saturated heterocycles. The lowest BCUT2D eigenvalue weighted by Crippen LogP contribution is -2.30. The number of rotatable bonds is 7. The zero-order valence-corrected chi connectivity index (χ0v) is 14.1. The number of hydrogen-bond acceptors (Lipinski definition) is 5. The van der Waals surface area contributed by atoms with Crippen LogP contribution < -0.4 is 10.1 Å². The van der Waals surface area contributed by atoms with Crippen molar-refractivity contribution in [1.82, 2.24) is 5.32 Å². The summed E-state index contributed by atoms with van der Waals surface area (Å²) in [5.74, 6) is -0.509. The third kappa shape index (κ3) is 5.17. The van der Waals surface area contributed by atoms with Crippen LogP contribution in [0.3, 0.4) is 0 Å². The van der Waals surface area contributed by atoms with Gasteiger partial charge in [-0.1, -0.05) is 18.2 Å². The molecule has 0 heterocycles. The molecule has 0 aliphatic heterocycles. The summed E-state index contributed by atoms with van der Waals surface area (Å²) < 4.78 is 10.3. The number of amides is 1. The molecule has 1 amide bonds. The minimum Gasteiger partial charge on any atom is -0.496 e. The molecule has 130 valence electrons. The molecule has 6 heteroatoms. The predicted molar refractivity (Wildman–Crippen MR) is 91.6 cm³/mol. The highest BCUT2D eigenvalue weighted by atomic mass is 16.5. The normalized spacial score (nSPS) is 10.0. The summed E-state index contributed by atoms with van der Waals surface area (Å²) in [6.07, 6.45) is 0. The number of benzene rings is 2. The van der Waals surface area contributed by atoms with Crippen LogP contribution in [-0.4, -0.2) is 31.3 Å². The van der Waals surface area contributed by atoms with Crippen LogP contribution in [0.4, 0.5) is 0 Å². The van der Waals surface area contributed by atoms with Gasteiger partial charge in [-0.05, 0) is 37.3 Å². The molecule has 2 aromatic rings. The minimum atomic E-state index is -0.584. The molecule has 25 heavy (non-hydrogen) atoms. The van der Waals surface area contributed by atoms with Crippen molar-refractivity contribution in [3.63, 3.8) is 0 Å². The van der Waals surface area contributed by atoms with Crippen LogP contribution in [0.5, 0.6) is 5.75 Å². The number of esters is 1. The number of hydrogen-bond donors (Lipinski definition) is 1. The van der Waals surface area contributed by atoms with E-state index in [1.807, 2.05) is 0 Å². The average Bonchev–Trinajstić information content (AvgIpc) is 2.64. The Morgan fingerprint density at radius 1 is 1.00 bits per heavy atom. The summed E-state index contributed by atoms with van der Waals surface area (Å²) >= 11 is 0. The summed E-state index contributed by atoms with van der Waals surface area (Å²) in [5.41, 5.74) is 1.55. The molecule has 0 radical (unpaired) electrons. The molecule has 2 rings (SSSR count). The fraction of sp³-hybridized carbons (Fsp3) is 0.211. The van der Waals surface area contributed by atoms with Gasteiger partial charge < -0.3 is 14.8 Å². The second-order valence-corrected chi connectivity index (χ2v) is 5.29. The Morgan fingerprint density at radius 3 is 2.36 bits per heavy atom. The van der Waals surface area contributed by atoms with E-state index in [4.69, 9.17) is 9.47 Å². The monoisotopic (exact) mass is 341 g/mol. The minimum absolute atomic E-state index is 0.0513. The van der Waals surface area contributed by atoms with Crippen LogP contribution in [0.25, 0.3) is 0 Å². The van der Waals surface area contributed by atoms with E-state index < -0.39 is 5.97 Å². The van der Waals surface area contributed by atoms with Gasteiger partial charge in [-0.25, -0.2) is 0 Å². The maximum atomic E-state index is 11.9. The quantitative estimate of drug-likeness (QED) is 0.618. The van der Waals surface area contributed by atoms with E-state index in [0.29, 0.717) is 22.4 Å². The van der Waals surface area contributed by atoms with Crippen LogP contribution in [-0.2, 0) is 16.1 Å². The van der Waals surface area contributed by atoms with Crippen molar-refractivity contribution >= 4 is 17.7 Å². The first kappa shape index (κ1) is 18.2. The smallest absolute Gasteiger partial charge is 0.325 e. The Kier molecular flexibility index (Phi) is 6.28. The molecule has 0 atom stereocenters. The van der Waals surface area contributed by atoms with Crippen molar-refractivity contribution in [2.75, 3.05) is 13.7 Å². The first-order valence-corrected chi connectivity index (χ1v) is 7.68. The fourth-order valence-electron chi connectivity index (χ4n) is 2.16. The maximum Gasteiger partial charge on any atom is 0.325 e. The van der Waals surface area contributed by atoms with Crippen molar-refractivity contribution in [2.45, 2.75) is 13.5 Å². The number of ketones is 1. The number of carbonyl (C=O) groups excluding carboxylic acids is 3. The van der Waals surface area contributed by atoms with Crippen molar-refractivity contribution in [3.05, 3.63) is 65.2 Å². The summed E-state index contributed by atoms with van der Waals surface area (Å²) in [4.78, 5) is 35.1. The largest absolute Gasteiger partial charge is 0.496 e. The highest BCUT2D eigenvalue weighted by Gasteiger charge is 2.12. The number of nitrogens with one attached hydrogen (secondary N) is 1. The van der Waals surface area contributed by atoms with E-state index in [2.05, 4.69) is 5.32 Å². The van der Waals surface area contributed by atoms with Gasteiger partial charge in [-0.3, -0.25) is 14.4 Å². The van der Waals surface area contributed by atoms with Gasteiger partial charge in [0, 0.05) is 16.7 Å². The van der Waals surface area contributed by atoms with Crippen LogP contribution in [0.2, 0.25) is 0 Å². The summed E-state index contributed by atoms with van der Waals surface area (Å²) in [5, 5.41) is 2.49. The van der Waals surface area contributed by atoms with Crippen molar-refractivity contribution < 1.29 is 23.9 Å². The molecule has 0 fully saturated rings. The van der Waals surface area contributed by atoms with E-state index in [9.17, 15) is 14.4 Å². The molecule has 0 aliphatic carbocycles. The van der Waals surface area contributed by atoms with Gasteiger partial charge in [0.1, 0.15) is 18.9 Å². The molecular formula is C19H19NO5. The summed E-state index contributed by atoms with van der Waals surface area (Å²) in [6, 6.07) is 13.5. The Labute approximate surface area is 145 Å². The van der Waals surface area contributed by atoms with Gasteiger partial charge in [0.2, 0.25) is 0 Å². The van der Waals surface area contributed by atoms with Gasteiger partial charge in [0.05, 0.1) is 7.11 Å². The maximum absolute atomic E-state index is 11.9. The zero-order chi connectivity index (χ0) is 18.2. The SMILES string of the molecule is COc1ccc(C(C)=O)cc1COC(=O)CNC(=O)c1ccccc1. The lowest BCUT2D eigenvalue weighted by atomic mass is 10.1. The van der Waals surface area contributed by atoms with E-state index in [-0.39, 0.29) is 24.8 Å². The number of carbonyl (C=O) groups is 3. The van der Waals surface area contributed by atoms with Crippen molar-refractivity contribution in [3.8, 4) is 5.75 Å². The molecule has 2 aromatic carbocycles. The van der Waals surface area contributed by atoms with Gasteiger partial charge in [-0.2, -0.15) is 0 Å². The molecule has 0 saturated carbocycles. The zero-order valence-electron chi connectivity index (χ0n) is 14.1. The van der Waals surface area contributed by atoms with Gasteiger partial charge in [-0.15, -0.1) is 0 Å². The lowest BCUT2D eigenvalue weighted by molar-refractivity contribution is -0.143. The van der Waals surface area contributed by atoms with Gasteiger partial charge >= 0.3 is 5.97 Å². The average molecular weight is 341 g/mol. The summed E-state index contributed by atoms with van der Waals surface area (Å²) in [6.45, 7) is 1.16. The van der Waals surface area contributed by atoms with E-state index in [1.54, 1.807) is 48.5 Å². The van der Waals surface area contributed by atoms with Crippen LogP contribution in [0, 0.1) is 0 Å². The molecule has 0 unspecified atom stereocenters. The van der Waals surface area contributed by atoms with E-state index >= 15 is 0 Å². The van der Waals surface area contributed by atoms with Crippen molar-refractivity contribution in [2.24, 2.45) is 0 Å². The highest BCUT2D eigenvalue weighted by Crippen LogP contribution is 2.21. The van der Waals surface area contributed by atoms with E-state index in [1.165, 1.54) is 14.0 Å². The van der Waals surface area contributed by atoms with Gasteiger partial charge in [0.15, 0.2) is 5.78 Å². The summed E-state index contributed by atoms with van der Waals surface area (Å²) in [7, 11) is 1.49. The molecule has 0 spiro atoms. The topological polar surface area (TPSA) is 81.7 Å².